The number of ether oxygens (including phenoxy) is 2. The second kappa shape index (κ2) is 16.9. The molecule has 0 radical (unpaired) electrons. The first kappa shape index (κ1) is 43.3. The average molecular weight is 839 g/mol. The summed E-state index contributed by atoms with van der Waals surface area (Å²) < 4.78 is 10.5. The lowest BCUT2D eigenvalue weighted by Crippen LogP contribution is -2.41. The Bertz CT molecular complexity index is 2650. The van der Waals surface area contributed by atoms with Crippen molar-refractivity contribution in [2.45, 2.75) is 104 Å². The lowest BCUT2D eigenvalue weighted by molar-refractivity contribution is 0.0515. The lowest BCUT2D eigenvalue weighted by Gasteiger charge is -2.30. The summed E-state index contributed by atoms with van der Waals surface area (Å²) in [4.78, 5) is 82.8. The number of carbonyl (C=O) groups is 6. The number of hydrogen-bond donors (Lipinski definition) is 2. The van der Waals surface area contributed by atoms with Gasteiger partial charge in [-0.15, -0.1) is 0 Å². The molecule has 0 aliphatic carbocycles. The van der Waals surface area contributed by atoms with Crippen LogP contribution in [0.1, 0.15) is 145 Å². The van der Waals surface area contributed by atoms with E-state index in [0.717, 1.165) is 19.3 Å². The summed E-state index contributed by atoms with van der Waals surface area (Å²) >= 11 is 0. The summed E-state index contributed by atoms with van der Waals surface area (Å²) in [6.07, 6.45) is 4.44. The Kier molecular flexibility index (Phi) is 11.8. The van der Waals surface area contributed by atoms with Crippen LogP contribution in [-0.4, -0.2) is 83.0 Å². The van der Waals surface area contributed by atoms with Gasteiger partial charge >= 0.3 is 12.2 Å². The number of nitrogens with one attached hydrogen (secondary N) is 2. The Morgan fingerprint density at radius 2 is 0.887 bits per heavy atom. The molecule has 320 valence electrons. The van der Waals surface area contributed by atoms with Crippen LogP contribution in [0.25, 0.3) is 43.1 Å². The van der Waals surface area contributed by atoms with Crippen molar-refractivity contribution < 1.29 is 38.2 Å². The molecule has 0 spiro atoms. The van der Waals surface area contributed by atoms with Gasteiger partial charge in [-0.2, -0.15) is 10.5 Å². The molecule has 2 aliphatic rings. The van der Waals surface area contributed by atoms with Gasteiger partial charge < -0.3 is 20.1 Å². The van der Waals surface area contributed by atoms with E-state index in [9.17, 15) is 39.3 Å². The van der Waals surface area contributed by atoms with E-state index in [1.165, 1.54) is 21.9 Å². The Labute approximate surface area is 359 Å². The van der Waals surface area contributed by atoms with Crippen LogP contribution in [0.3, 0.4) is 0 Å². The molecular formula is C48H50N6O8. The summed E-state index contributed by atoms with van der Waals surface area (Å²) in [6, 6.07) is 14.3. The molecule has 14 heteroatoms. The molecule has 0 unspecified atom stereocenters. The van der Waals surface area contributed by atoms with E-state index in [1.54, 1.807) is 65.8 Å². The number of hydrogen-bond acceptors (Lipinski definition) is 10. The number of benzene rings is 5. The van der Waals surface area contributed by atoms with E-state index in [-0.39, 0.29) is 35.3 Å². The van der Waals surface area contributed by atoms with Gasteiger partial charge in [-0.3, -0.25) is 29.0 Å². The third-order valence-corrected chi connectivity index (χ3v) is 11.2. The van der Waals surface area contributed by atoms with Gasteiger partial charge in [0.05, 0.1) is 34.4 Å². The molecule has 0 bridgehead atoms. The van der Waals surface area contributed by atoms with Crippen LogP contribution in [0.5, 0.6) is 0 Å². The highest BCUT2D eigenvalue weighted by Crippen LogP contribution is 2.48. The van der Waals surface area contributed by atoms with Crippen molar-refractivity contribution in [1.29, 1.82) is 10.5 Å². The van der Waals surface area contributed by atoms with Crippen LogP contribution < -0.4 is 10.6 Å². The molecule has 14 nitrogen and oxygen atoms in total. The molecule has 2 heterocycles. The van der Waals surface area contributed by atoms with Crippen LogP contribution in [0.15, 0.2) is 36.4 Å². The molecule has 6 amide bonds. The van der Waals surface area contributed by atoms with Crippen molar-refractivity contribution >= 4 is 78.9 Å². The van der Waals surface area contributed by atoms with E-state index < -0.39 is 47.0 Å². The fraction of sp³-hybridized carbons (Fsp3) is 0.417. The molecule has 0 saturated heterocycles. The molecule has 2 aliphatic heterocycles. The van der Waals surface area contributed by atoms with Crippen LogP contribution in [0.4, 0.5) is 9.59 Å². The number of rotatable bonds is 14. The monoisotopic (exact) mass is 838 g/mol. The third-order valence-electron chi connectivity index (χ3n) is 11.2. The van der Waals surface area contributed by atoms with E-state index in [4.69, 9.17) is 9.47 Å². The first-order chi connectivity index (χ1) is 29.5. The number of carbonyl (C=O) groups excluding carboxylic acids is 6. The summed E-state index contributed by atoms with van der Waals surface area (Å²) in [5, 5.41) is 30.5. The summed E-state index contributed by atoms with van der Waals surface area (Å²) in [7, 11) is 0. The zero-order valence-electron chi connectivity index (χ0n) is 36.0. The molecule has 0 atom stereocenters. The molecular weight excluding hydrogens is 789 g/mol. The quantitative estimate of drug-likeness (QED) is 0.0471. The van der Waals surface area contributed by atoms with Gasteiger partial charge in [0.1, 0.15) is 11.2 Å². The second-order valence-electron chi connectivity index (χ2n) is 17.9. The van der Waals surface area contributed by atoms with Gasteiger partial charge in [-0.05, 0) is 108 Å². The van der Waals surface area contributed by atoms with Gasteiger partial charge in [0.2, 0.25) is 0 Å². The zero-order valence-corrected chi connectivity index (χ0v) is 36.0. The van der Waals surface area contributed by atoms with Crippen molar-refractivity contribution in [2.75, 3.05) is 26.2 Å². The van der Waals surface area contributed by atoms with Crippen LogP contribution in [0.2, 0.25) is 0 Å². The van der Waals surface area contributed by atoms with E-state index in [2.05, 4.69) is 22.8 Å². The summed E-state index contributed by atoms with van der Waals surface area (Å²) in [5.41, 5.74) is 0.187. The summed E-state index contributed by atoms with van der Waals surface area (Å²) in [5.74, 6) is -1.94. The number of imide groups is 2. The van der Waals surface area contributed by atoms with Gasteiger partial charge in [0, 0.05) is 64.2 Å². The predicted molar refractivity (Wildman–Crippen MR) is 233 cm³/mol. The molecule has 2 N–H and O–H groups in total. The van der Waals surface area contributed by atoms with Gasteiger partial charge in [0.25, 0.3) is 23.6 Å². The molecule has 62 heavy (non-hydrogen) atoms. The van der Waals surface area contributed by atoms with Crippen LogP contribution in [-0.2, 0) is 9.47 Å². The van der Waals surface area contributed by atoms with Crippen molar-refractivity contribution in [1.82, 2.24) is 20.4 Å². The fourth-order valence-corrected chi connectivity index (χ4v) is 8.66. The maximum absolute atomic E-state index is 14.2. The molecule has 0 fully saturated rings. The minimum atomic E-state index is -0.595. The third kappa shape index (κ3) is 8.17. The number of fused-ring (bicyclic) bond motifs is 2. The van der Waals surface area contributed by atoms with Gasteiger partial charge in [-0.25, -0.2) is 9.59 Å². The Hall–Kier alpha value is -6.80. The Balaban J connectivity index is 1.14. The number of nitrogens with zero attached hydrogens (tertiary/aromatic N) is 4. The zero-order chi connectivity index (χ0) is 44.7. The maximum atomic E-state index is 14.2. The van der Waals surface area contributed by atoms with Crippen molar-refractivity contribution in [3.8, 4) is 12.1 Å². The lowest BCUT2D eigenvalue weighted by atomic mass is 9.79. The highest BCUT2D eigenvalue weighted by molar-refractivity contribution is 6.42. The number of unbranched alkanes of at least 4 members (excludes halogenated alkanes) is 6. The summed E-state index contributed by atoms with van der Waals surface area (Å²) in [6.45, 7) is 12.0. The smallest absolute Gasteiger partial charge is 0.407 e. The number of alkyl carbamates (subject to hydrolysis) is 2. The van der Waals surface area contributed by atoms with Gasteiger partial charge in [-0.1, -0.05) is 37.8 Å². The topological polar surface area (TPSA) is 199 Å². The minimum Gasteiger partial charge on any atom is -0.444 e. The Morgan fingerprint density at radius 3 is 1.27 bits per heavy atom. The van der Waals surface area contributed by atoms with E-state index in [0.29, 0.717) is 99.4 Å². The highest BCUT2D eigenvalue weighted by Gasteiger charge is 2.38. The SMILES string of the molecule is CC(C)(C)OC(=O)NCCCCCCN1C(=O)c2ccc3c4c(C#N)cc5c6c(cc(C#N)c(c7ccc(c2c37)C1=O)c64)C(=O)N(CCCCCCNC(=O)OC(C)(C)C)C5=O. The number of amides is 6. The van der Waals surface area contributed by atoms with E-state index in [1.807, 2.05) is 0 Å². The molecule has 5 aromatic carbocycles. The van der Waals surface area contributed by atoms with Gasteiger partial charge in [0.15, 0.2) is 0 Å². The first-order valence-electron chi connectivity index (χ1n) is 21.2. The molecule has 7 rings (SSSR count). The van der Waals surface area contributed by atoms with Crippen molar-refractivity contribution in [2.24, 2.45) is 0 Å². The first-order valence-corrected chi connectivity index (χ1v) is 21.2. The predicted octanol–water partition coefficient (Wildman–Crippen LogP) is 8.84. The minimum absolute atomic E-state index is 0.130. The average Bonchev–Trinajstić information content (AvgIpc) is 3.20. The van der Waals surface area contributed by atoms with Crippen molar-refractivity contribution in [3.63, 3.8) is 0 Å². The fourth-order valence-electron chi connectivity index (χ4n) is 8.66. The Morgan fingerprint density at radius 1 is 0.516 bits per heavy atom. The van der Waals surface area contributed by atoms with Crippen LogP contribution >= 0.6 is 0 Å². The highest BCUT2D eigenvalue weighted by atomic mass is 16.6. The molecule has 0 saturated carbocycles. The van der Waals surface area contributed by atoms with Crippen molar-refractivity contribution in [3.05, 3.63) is 69.8 Å². The van der Waals surface area contributed by atoms with E-state index >= 15 is 0 Å². The number of nitriles is 2. The second-order valence-corrected chi connectivity index (χ2v) is 17.9. The largest absolute Gasteiger partial charge is 0.444 e. The molecule has 0 aromatic heterocycles. The standard InChI is InChI=1S/C48H50N6O8/c1-47(2,3)61-45(59)51-19-11-7-9-13-21-53-41(55)31-17-15-29-35-27(25-49)23-33-39-34(24-28(26-50)36(40(35)39)30-16-18-32(42(53)56)38(31)37(29)30)44(58)54(43(33)57)22-14-10-8-12-20-52-46(60)62-48(4,5)6/h15-18,23-24H,7-14,19-22H2,1-6H3,(H,51,59)(H,52,60). The maximum Gasteiger partial charge on any atom is 0.407 e. The molecule has 5 aromatic rings. The normalized spacial score (nSPS) is 13.9. The van der Waals surface area contributed by atoms with Crippen LogP contribution in [0, 0.1) is 22.7 Å².